The number of hydrogen-bond acceptors (Lipinski definition) is 3. The van der Waals surface area contributed by atoms with Gasteiger partial charge >= 0.3 is 0 Å². The summed E-state index contributed by atoms with van der Waals surface area (Å²) in [5.74, 6) is 0.985. The second kappa shape index (κ2) is 8.28. The number of nitrogens with zero attached hydrogens (tertiary/aromatic N) is 1. The Hall–Kier alpha value is -1.06. The van der Waals surface area contributed by atoms with Crippen LogP contribution < -0.4 is 10.1 Å². The first kappa shape index (κ1) is 15.3. The zero-order chi connectivity index (χ0) is 14.2. The lowest BCUT2D eigenvalue weighted by Gasteiger charge is -2.17. The molecule has 1 aromatic rings. The van der Waals surface area contributed by atoms with Crippen LogP contribution in [0.4, 0.5) is 0 Å². The average molecular weight is 276 g/mol. The fourth-order valence-corrected chi connectivity index (χ4v) is 2.84. The molecule has 1 aliphatic rings. The van der Waals surface area contributed by atoms with Crippen molar-refractivity contribution in [3.63, 3.8) is 0 Å². The molecule has 0 amide bonds. The molecule has 3 nitrogen and oxygen atoms in total. The topological polar surface area (TPSA) is 24.5 Å². The minimum atomic E-state index is 0.457. The van der Waals surface area contributed by atoms with Crippen LogP contribution in [0.25, 0.3) is 0 Å². The molecule has 1 fully saturated rings. The average Bonchev–Trinajstić information content (AvgIpc) is 2.99. The highest BCUT2D eigenvalue weighted by Crippen LogP contribution is 2.20. The molecular formula is C17H28N2O. The number of nitrogens with one attached hydrogen (secondary N) is 1. The van der Waals surface area contributed by atoms with Gasteiger partial charge in [-0.1, -0.05) is 26.0 Å². The summed E-state index contributed by atoms with van der Waals surface area (Å²) in [5, 5.41) is 3.50. The van der Waals surface area contributed by atoms with Crippen LogP contribution >= 0.6 is 0 Å². The van der Waals surface area contributed by atoms with Crippen molar-refractivity contribution >= 4 is 0 Å². The minimum Gasteiger partial charge on any atom is -0.492 e. The molecule has 1 heterocycles. The second-order valence-electron chi connectivity index (χ2n) is 5.48. The summed E-state index contributed by atoms with van der Waals surface area (Å²) in [6, 6.07) is 9.02. The van der Waals surface area contributed by atoms with E-state index < -0.39 is 0 Å². The fraction of sp³-hybridized carbons (Fsp3) is 0.647. The third-order valence-corrected chi connectivity index (χ3v) is 4.02. The Morgan fingerprint density at radius 2 is 1.85 bits per heavy atom. The molecule has 0 saturated carbocycles. The van der Waals surface area contributed by atoms with Crippen molar-refractivity contribution in [3.8, 4) is 5.75 Å². The van der Waals surface area contributed by atoms with E-state index in [1.54, 1.807) is 0 Å². The summed E-state index contributed by atoms with van der Waals surface area (Å²) in [6.07, 6.45) is 3.80. The molecule has 1 N–H and O–H groups in total. The van der Waals surface area contributed by atoms with Gasteiger partial charge in [0.2, 0.25) is 0 Å². The first-order valence-electron chi connectivity index (χ1n) is 8.02. The third-order valence-electron chi connectivity index (χ3n) is 4.02. The van der Waals surface area contributed by atoms with Gasteiger partial charge in [-0.25, -0.2) is 0 Å². The lowest BCUT2D eigenvalue weighted by molar-refractivity contribution is 0.237. The highest BCUT2D eigenvalue weighted by atomic mass is 16.5. The molecule has 1 saturated heterocycles. The van der Waals surface area contributed by atoms with Gasteiger partial charge < -0.3 is 10.1 Å². The summed E-state index contributed by atoms with van der Waals surface area (Å²) < 4.78 is 5.83. The van der Waals surface area contributed by atoms with Crippen molar-refractivity contribution in [1.29, 1.82) is 0 Å². The van der Waals surface area contributed by atoms with E-state index in [0.717, 1.165) is 31.9 Å². The van der Waals surface area contributed by atoms with Gasteiger partial charge in [0.1, 0.15) is 12.4 Å². The monoisotopic (exact) mass is 276 g/mol. The molecule has 0 aliphatic carbocycles. The Bertz CT molecular complexity index is 371. The van der Waals surface area contributed by atoms with E-state index in [1.807, 2.05) is 0 Å². The first-order chi connectivity index (χ1) is 9.83. The lowest BCUT2D eigenvalue weighted by atomic mass is 10.0. The quantitative estimate of drug-likeness (QED) is 0.789. The van der Waals surface area contributed by atoms with E-state index in [4.69, 9.17) is 4.74 Å². The zero-order valence-corrected chi connectivity index (χ0v) is 12.9. The lowest BCUT2D eigenvalue weighted by Crippen LogP contribution is -2.25. The normalized spacial score (nSPS) is 17.3. The number of rotatable bonds is 8. The van der Waals surface area contributed by atoms with Crippen LogP contribution in [0, 0.1) is 0 Å². The number of benzene rings is 1. The maximum Gasteiger partial charge on any atom is 0.119 e. The van der Waals surface area contributed by atoms with Gasteiger partial charge in [-0.2, -0.15) is 0 Å². The Labute approximate surface area is 123 Å². The number of hydrogen-bond donors (Lipinski definition) is 1. The smallest absolute Gasteiger partial charge is 0.119 e. The van der Waals surface area contributed by atoms with E-state index in [-0.39, 0.29) is 0 Å². The zero-order valence-electron chi connectivity index (χ0n) is 12.9. The molecule has 0 spiro atoms. The molecule has 3 heteroatoms. The van der Waals surface area contributed by atoms with Gasteiger partial charge in [-0.15, -0.1) is 0 Å². The van der Waals surface area contributed by atoms with Gasteiger partial charge in [0, 0.05) is 12.6 Å². The van der Waals surface area contributed by atoms with Gasteiger partial charge in [0.25, 0.3) is 0 Å². The maximum atomic E-state index is 5.83. The van der Waals surface area contributed by atoms with Gasteiger partial charge in [0.05, 0.1) is 0 Å². The third kappa shape index (κ3) is 4.50. The Morgan fingerprint density at radius 1 is 1.15 bits per heavy atom. The van der Waals surface area contributed by atoms with Gasteiger partial charge in [0.15, 0.2) is 0 Å². The SMILES string of the molecule is CCNC(CC)c1ccc(OCCN2CCCC2)cc1. The van der Waals surface area contributed by atoms with Crippen molar-refractivity contribution in [2.75, 3.05) is 32.8 Å². The van der Waals surface area contributed by atoms with Crippen molar-refractivity contribution in [1.82, 2.24) is 10.2 Å². The van der Waals surface area contributed by atoms with E-state index in [2.05, 4.69) is 48.3 Å². The van der Waals surface area contributed by atoms with Crippen LogP contribution in [0.2, 0.25) is 0 Å². The molecule has 0 radical (unpaired) electrons. The van der Waals surface area contributed by atoms with Crippen molar-refractivity contribution < 1.29 is 4.74 Å². The Morgan fingerprint density at radius 3 is 2.45 bits per heavy atom. The van der Waals surface area contributed by atoms with E-state index in [9.17, 15) is 0 Å². The van der Waals surface area contributed by atoms with E-state index in [1.165, 1.54) is 31.5 Å². The maximum absolute atomic E-state index is 5.83. The molecule has 1 unspecified atom stereocenters. The fourth-order valence-electron chi connectivity index (χ4n) is 2.84. The predicted octanol–water partition coefficient (Wildman–Crippen LogP) is 3.22. The minimum absolute atomic E-state index is 0.457. The largest absolute Gasteiger partial charge is 0.492 e. The van der Waals surface area contributed by atoms with Crippen LogP contribution in [0.15, 0.2) is 24.3 Å². The van der Waals surface area contributed by atoms with Gasteiger partial charge in [-0.3, -0.25) is 4.90 Å². The molecule has 2 rings (SSSR count). The summed E-state index contributed by atoms with van der Waals surface area (Å²) in [6.45, 7) is 9.70. The molecule has 0 aromatic heterocycles. The van der Waals surface area contributed by atoms with Crippen molar-refractivity contribution in [2.24, 2.45) is 0 Å². The van der Waals surface area contributed by atoms with Crippen LogP contribution in [-0.2, 0) is 0 Å². The Balaban J connectivity index is 1.78. The van der Waals surface area contributed by atoms with Crippen molar-refractivity contribution in [2.45, 2.75) is 39.2 Å². The summed E-state index contributed by atoms with van der Waals surface area (Å²) in [5.41, 5.74) is 1.35. The standard InChI is InChI=1S/C17H28N2O/c1-3-17(18-4-2)15-7-9-16(10-8-15)20-14-13-19-11-5-6-12-19/h7-10,17-18H,3-6,11-14H2,1-2H3. The van der Waals surface area contributed by atoms with Crippen LogP contribution in [-0.4, -0.2) is 37.7 Å². The van der Waals surface area contributed by atoms with E-state index >= 15 is 0 Å². The molecule has 20 heavy (non-hydrogen) atoms. The Kier molecular flexibility index (Phi) is 6.34. The first-order valence-corrected chi connectivity index (χ1v) is 8.02. The van der Waals surface area contributed by atoms with Crippen molar-refractivity contribution in [3.05, 3.63) is 29.8 Å². The summed E-state index contributed by atoms with van der Waals surface area (Å²) >= 11 is 0. The number of ether oxygens (including phenoxy) is 1. The number of likely N-dealkylation sites (tertiary alicyclic amines) is 1. The predicted molar refractivity (Wildman–Crippen MR) is 84.3 cm³/mol. The molecule has 1 atom stereocenters. The summed E-state index contributed by atoms with van der Waals surface area (Å²) in [4.78, 5) is 2.48. The summed E-state index contributed by atoms with van der Waals surface area (Å²) in [7, 11) is 0. The second-order valence-corrected chi connectivity index (χ2v) is 5.48. The molecule has 112 valence electrons. The molecule has 1 aromatic carbocycles. The highest BCUT2D eigenvalue weighted by molar-refractivity contribution is 5.29. The van der Waals surface area contributed by atoms with Crippen LogP contribution in [0.1, 0.15) is 44.7 Å². The molecule has 1 aliphatic heterocycles. The highest BCUT2D eigenvalue weighted by Gasteiger charge is 2.11. The van der Waals surface area contributed by atoms with E-state index in [0.29, 0.717) is 6.04 Å². The van der Waals surface area contributed by atoms with Crippen LogP contribution in [0.3, 0.4) is 0 Å². The van der Waals surface area contributed by atoms with Crippen LogP contribution in [0.5, 0.6) is 5.75 Å². The van der Waals surface area contributed by atoms with Gasteiger partial charge in [-0.05, 0) is 56.6 Å². The molecule has 0 bridgehead atoms. The molecular weight excluding hydrogens is 248 g/mol.